The Morgan fingerprint density at radius 2 is 2.15 bits per heavy atom. The molecule has 0 saturated carbocycles. The number of rotatable bonds is 1. The van der Waals surface area contributed by atoms with Gasteiger partial charge in [-0.15, -0.1) is 0 Å². The fraction of sp³-hybridized carbons (Fsp3) is 0.182. The first kappa shape index (κ1) is 9.47. The Labute approximate surface area is 76.6 Å². The molecule has 1 aromatic carbocycles. The van der Waals surface area contributed by atoms with Crippen LogP contribution in [0, 0.1) is 24.6 Å². The second-order valence-electron chi connectivity index (χ2n) is 2.67. The standard InChI is InChI=1S/C11H9FO/c1-3-4-11(13)9-5-6-10(12)8(2)7-9/h5-7H,1-2H3. The van der Waals surface area contributed by atoms with Crippen LogP contribution in [0.25, 0.3) is 0 Å². The maximum atomic E-state index is 12.8. The molecule has 13 heavy (non-hydrogen) atoms. The number of ketones is 1. The number of carbonyl (C=O) groups is 1. The first-order valence-corrected chi connectivity index (χ1v) is 3.88. The van der Waals surface area contributed by atoms with Gasteiger partial charge in [-0.2, -0.15) is 0 Å². The summed E-state index contributed by atoms with van der Waals surface area (Å²) in [4.78, 5) is 11.2. The molecule has 0 atom stereocenters. The zero-order chi connectivity index (χ0) is 9.84. The van der Waals surface area contributed by atoms with E-state index in [0.29, 0.717) is 11.1 Å². The van der Waals surface area contributed by atoms with Gasteiger partial charge < -0.3 is 0 Å². The molecule has 66 valence electrons. The highest BCUT2D eigenvalue weighted by Crippen LogP contribution is 2.09. The molecule has 0 aliphatic rings. The number of hydrogen-bond donors (Lipinski definition) is 0. The molecule has 1 aromatic rings. The largest absolute Gasteiger partial charge is 0.279 e. The molecule has 1 nitrogen and oxygen atoms in total. The van der Waals surface area contributed by atoms with Gasteiger partial charge in [-0.1, -0.05) is 5.92 Å². The Hall–Kier alpha value is -1.62. The Balaban J connectivity index is 3.08. The Kier molecular flexibility index (Phi) is 2.81. The normalized spacial score (nSPS) is 8.85. The van der Waals surface area contributed by atoms with Gasteiger partial charge in [0, 0.05) is 5.56 Å². The monoisotopic (exact) mass is 176 g/mol. The minimum atomic E-state index is -0.305. The summed E-state index contributed by atoms with van der Waals surface area (Å²) in [6.07, 6.45) is 0. The summed E-state index contributed by atoms with van der Waals surface area (Å²) < 4.78 is 12.8. The topological polar surface area (TPSA) is 17.1 Å². The van der Waals surface area contributed by atoms with Crippen LogP contribution in [0.3, 0.4) is 0 Å². The van der Waals surface area contributed by atoms with Crippen LogP contribution >= 0.6 is 0 Å². The predicted octanol–water partition coefficient (Wildman–Crippen LogP) is 2.34. The molecular weight excluding hydrogens is 167 g/mol. The molecular formula is C11H9FO. The second-order valence-corrected chi connectivity index (χ2v) is 2.67. The molecule has 0 unspecified atom stereocenters. The molecule has 0 saturated heterocycles. The summed E-state index contributed by atoms with van der Waals surface area (Å²) in [5.74, 6) is 4.33. The SMILES string of the molecule is CC#CC(=O)c1ccc(F)c(C)c1. The van der Waals surface area contributed by atoms with Crippen LogP contribution in [-0.2, 0) is 0 Å². The third-order valence-corrected chi connectivity index (χ3v) is 1.66. The summed E-state index contributed by atoms with van der Waals surface area (Å²) in [6.45, 7) is 3.21. The van der Waals surface area contributed by atoms with E-state index in [0.717, 1.165) is 0 Å². The second kappa shape index (κ2) is 3.86. The lowest BCUT2D eigenvalue weighted by molar-refractivity contribution is 0.105. The van der Waals surface area contributed by atoms with Crippen LogP contribution in [0.5, 0.6) is 0 Å². The van der Waals surface area contributed by atoms with Gasteiger partial charge >= 0.3 is 0 Å². The van der Waals surface area contributed by atoms with Crippen LogP contribution in [0.4, 0.5) is 4.39 Å². The third-order valence-electron chi connectivity index (χ3n) is 1.66. The number of halogens is 1. The molecule has 0 N–H and O–H groups in total. The number of carbonyl (C=O) groups excluding carboxylic acids is 1. The summed E-state index contributed by atoms with van der Waals surface area (Å²) >= 11 is 0. The number of Topliss-reactive ketones (excluding diaryl/α,β-unsaturated/α-hetero) is 1. The lowest BCUT2D eigenvalue weighted by atomic mass is 10.1. The van der Waals surface area contributed by atoms with Crippen LogP contribution in [0.2, 0.25) is 0 Å². The highest BCUT2D eigenvalue weighted by Gasteiger charge is 2.04. The van der Waals surface area contributed by atoms with Crippen LogP contribution in [0.15, 0.2) is 18.2 Å². The van der Waals surface area contributed by atoms with Gasteiger partial charge in [0.25, 0.3) is 0 Å². The zero-order valence-corrected chi connectivity index (χ0v) is 7.52. The van der Waals surface area contributed by atoms with E-state index in [9.17, 15) is 9.18 Å². The highest BCUT2D eigenvalue weighted by molar-refractivity contribution is 6.09. The molecule has 0 fully saturated rings. The van der Waals surface area contributed by atoms with E-state index in [4.69, 9.17) is 0 Å². The smallest absolute Gasteiger partial charge is 0.235 e. The predicted molar refractivity (Wildman–Crippen MR) is 48.9 cm³/mol. The first-order chi connectivity index (χ1) is 6.15. The number of hydrogen-bond acceptors (Lipinski definition) is 1. The Bertz CT molecular complexity index is 396. The van der Waals surface area contributed by atoms with Gasteiger partial charge in [-0.25, -0.2) is 4.39 Å². The average molecular weight is 176 g/mol. The van der Waals surface area contributed by atoms with Crippen molar-refractivity contribution in [2.75, 3.05) is 0 Å². The van der Waals surface area contributed by atoms with E-state index in [1.54, 1.807) is 13.8 Å². The van der Waals surface area contributed by atoms with Crippen LogP contribution < -0.4 is 0 Å². The maximum Gasteiger partial charge on any atom is 0.235 e. The average Bonchev–Trinajstić information content (AvgIpc) is 2.10. The van der Waals surface area contributed by atoms with Crippen molar-refractivity contribution >= 4 is 5.78 Å². The third kappa shape index (κ3) is 2.16. The fourth-order valence-electron chi connectivity index (χ4n) is 0.972. The van der Waals surface area contributed by atoms with E-state index in [1.165, 1.54) is 18.2 Å². The van der Waals surface area contributed by atoms with Gasteiger partial charge in [-0.3, -0.25) is 4.79 Å². The van der Waals surface area contributed by atoms with E-state index >= 15 is 0 Å². The lowest BCUT2D eigenvalue weighted by Crippen LogP contribution is -1.96. The van der Waals surface area contributed by atoms with E-state index in [2.05, 4.69) is 11.8 Å². The molecule has 0 aromatic heterocycles. The minimum Gasteiger partial charge on any atom is -0.279 e. The summed E-state index contributed by atoms with van der Waals surface area (Å²) in [5.41, 5.74) is 0.900. The summed E-state index contributed by atoms with van der Waals surface area (Å²) in [6, 6.07) is 4.22. The van der Waals surface area contributed by atoms with Gasteiger partial charge in [0.15, 0.2) is 0 Å². The highest BCUT2D eigenvalue weighted by atomic mass is 19.1. The van der Waals surface area contributed by atoms with Gasteiger partial charge in [0.1, 0.15) is 5.82 Å². The van der Waals surface area contributed by atoms with Crippen molar-refractivity contribution in [3.63, 3.8) is 0 Å². The van der Waals surface area contributed by atoms with Crippen LogP contribution in [0.1, 0.15) is 22.8 Å². The molecule has 0 aliphatic carbocycles. The van der Waals surface area contributed by atoms with Crippen molar-refractivity contribution in [3.05, 3.63) is 35.1 Å². The van der Waals surface area contributed by atoms with Crippen molar-refractivity contribution in [3.8, 4) is 11.8 Å². The molecule has 0 aliphatic heterocycles. The minimum absolute atomic E-state index is 0.273. The van der Waals surface area contributed by atoms with E-state index in [1.807, 2.05) is 0 Å². The quantitative estimate of drug-likeness (QED) is 0.364. The molecule has 0 bridgehead atoms. The molecule has 0 heterocycles. The van der Waals surface area contributed by atoms with E-state index < -0.39 is 0 Å². The molecule has 0 spiro atoms. The van der Waals surface area contributed by atoms with Crippen molar-refractivity contribution in [1.82, 2.24) is 0 Å². The zero-order valence-electron chi connectivity index (χ0n) is 7.52. The molecule has 0 radical (unpaired) electrons. The fourth-order valence-corrected chi connectivity index (χ4v) is 0.972. The number of aryl methyl sites for hydroxylation is 1. The lowest BCUT2D eigenvalue weighted by Gasteiger charge is -1.97. The maximum absolute atomic E-state index is 12.8. The summed E-state index contributed by atoms with van der Waals surface area (Å²) in [5, 5.41) is 0. The van der Waals surface area contributed by atoms with Gasteiger partial charge in [0.2, 0.25) is 5.78 Å². The van der Waals surface area contributed by atoms with Crippen molar-refractivity contribution < 1.29 is 9.18 Å². The molecule has 2 heteroatoms. The Morgan fingerprint density at radius 3 is 2.69 bits per heavy atom. The number of benzene rings is 1. The van der Waals surface area contributed by atoms with Gasteiger partial charge in [0.05, 0.1) is 0 Å². The molecule has 0 amide bonds. The van der Waals surface area contributed by atoms with Crippen LogP contribution in [-0.4, -0.2) is 5.78 Å². The first-order valence-electron chi connectivity index (χ1n) is 3.88. The molecule has 1 rings (SSSR count). The van der Waals surface area contributed by atoms with Crippen molar-refractivity contribution in [1.29, 1.82) is 0 Å². The Morgan fingerprint density at radius 1 is 1.46 bits per heavy atom. The van der Waals surface area contributed by atoms with Crippen molar-refractivity contribution in [2.45, 2.75) is 13.8 Å². The van der Waals surface area contributed by atoms with E-state index in [-0.39, 0.29) is 11.6 Å². The van der Waals surface area contributed by atoms with Crippen molar-refractivity contribution in [2.24, 2.45) is 0 Å². The summed E-state index contributed by atoms with van der Waals surface area (Å²) in [7, 11) is 0. The van der Waals surface area contributed by atoms with Gasteiger partial charge in [-0.05, 0) is 43.5 Å².